The van der Waals surface area contributed by atoms with Gasteiger partial charge in [-0.3, -0.25) is 9.69 Å². The molecule has 0 spiro atoms. The maximum absolute atomic E-state index is 11.6. The number of piperazine rings is 1. The molecule has 4 nitrogen and oxygen atoms in total. The van der Waals surface area contributed by atoms with Crippen molar-refractivity contribution in [3.63, 3.8) is 0 Å². The van der Waals surface area contributed by atoms with Crippen LogP contribution in [-0.4, -0.2) is 61.6 Å². The second kappa shape index (κ2) is 4.28. The maximum atomic E-state index is 11.6. The first-order valence-electron chi connectivity index (χ1n) is 5.32. The zero-order valence-electron chi connectivity index (χ0n) is 8.74. The summed E-state index contributed by atoms with van der Waals surface area (Å²) in [5, 5.41) is 0. The Kier molecular flexibility index (Phi) is 3.03. The summed E-state index contributed by atoms with van der Waals surface area (Å²) in [7, 11) is 1.57. The van der Waals surface area contributed by atoms with E-state index in [4.69, 9.17) is 4.74 Å². The summed E-state index contributed by atoms with van der Waals surface area (Å²) in [6, 6.07) is 0.615. The van der Waals surface area contributed by atoms with Gasteiger partial charge in [-0.2, -0.15) is 0 Å². The van der Waals surface area contributed by atoms with Gasteiger partial charge in [0.15, 0.2) is 0 Å². The molecule has 0 radical (unpaired) electrons. The van der Waals surface area contributed by atoms with Crippen LogP contribution in [0, 0.1) is 0 Å². The summed E-state index contributed by atoms with van der Waals surface area (Å²) in [5.41, 5.74) is 0. The van der Waals surface area contributed by atoms with Gasteiger partial charge in [-0.1, -0.05) is 0 Å². The van der Waals surface area contributed by atoms with Crippen LogP contribution < -0.4 is 0 Å². The van der Waals surface area contributed by atoms with Crippen LogP contribution in [0.15, 0.2) is 0 Å². The van der Waals surface area contributed by atoms with Crippen LogP contribution in [0.25, 0.3) is 0 Å². The van der Waals surface area contributed by atoms with E-state index in [-0.39, 0.29) is 12.5 Å². The fourth-order valence-corrected chi connectivity index (χ4v) is 2.43. The third-order valence-corrected chi connectivity index (χ3v) is 3.21. The number of carbonyl (C=O) groups is 1. The predicted octanol–water partition coefficient (Wildman–Crippen LogP) is -0.0606. The van der Waals surface area contributed by atoms with Crippen LogP contribution in [0.2, 0.25) is 0 Å². The standard InChI is InChI=1S/C10H18N2O2/c1-14-8-10(13)12-6-5-11-4-2-3-9(11)7-12/h9H,2-8H2,1H3. The molecule has 0 aromatic rings. The molecular formula is C10H18N2O2. The van der Waals surface area contributed by atoms with Crippen molar-refractivity contribution in [2.24, 2.45) is 0 Å². The van der Waals surface area contributed by atoms with E-state index in [0.29, 0.717) is 6.04 Å². The van der Waals surface area contributed by atoms with Gasteiger partial charge in [-0.05, 0) is 19.4 Å². The molecule has 0 aromatic carbocycles. The van der Waals surface area contributed by atoms with Crippen LogP contribution in [0.4, 0.5) is 0 Å². The quantitative estimate of drug-likeness (QED) is 0.623. The number of amides is 1. The molecule has 0 saturated carbocycles. The minimum absolute atomic E-state index is 0.138. The smallest absolute Gasteiger partial charge is 0.248 e. The molecule has 0 aliphatic carbocycles. The molecule has 2 aliphatic rings. The average molecular weight is 198 g/mol. The van der Waals surface area contributed by atoms with Gasteiger partial charge >= 0.3 is 0 Å². The number of nitrogens with zero attached hydrogens (tertiary/aromatic N) is 2. The van der Waals surface area contributed by atoms with Crippen molar-refractivity contribution in [1.29, 1.82) is 0 Å². The predicted molar refractivity (Wildman–Crippen MR) is 53.1 cm³/mol. The van der Waals surface area contributed by atoms with Crippen LogP contribution in [-0.2, 0) is 9.53 Å². The third-order valence-electron chi connectivity index (χ3n) is 3.21. The Balaban J connectivity index is 1.87. The number of hydrogen-bond donors (Lipinski definition) is 0. The highest BCUT2D eigenvalue weighted by Gasteiger charge is 2.32. The molecule has 2 fully saturated rings. The molecule has 80 valence electrons. The summed E-state index contributed by atoms with van der Waals surface area (Å²) in [6.07, 6.45) is 2.54. The maximum Gasteiger partial charge on any atom is 0.248 e. The Morgan fingerprint density at radius 1 is 1.43 bits per heavy atom. The molecule has 2 aliphatic heterocycles. The van der Waals surface area contributed by atoms with E-state index in [2.05, 4.69) is 4.90 Å². The summed E-state index contributed by atoms with van der Waals surface area (Å²) in [6.45, 7) is 4.27. The zero-order chi connectivity index (χ0) is 9.97. The van der Waals surface area contributed by atoms with Gasteiger partial charge in [0.2, 0.25) is 5.91 Å². The van der Waals surface area contributed by atoms with E-state index in [1.807, 2.05) is 4.90 Å². The lowest BCUT2D eigenvalue weighted by molar-refractivity contribution is -0.137. The van der Waals surface area contributed by atoms with Crippen molar-refractivity contribution in [3.8, 4) is 0 Å². The van der Waals surface area contributed by atoms with Gasteiger partial charge in [0, 0.05) is 32.8 Å². The third kappa shape index (κ3) is 1.91. The fourth-order valence-electron chi connectivity index (χ4n) is 2.43. The lowest BCUT2D eigenvalue weighted by Gasteiger charge is -2.37. The minimum atomic E-state index is 0.138. The highest BCUT2D eigenvalue weighted by molar-refractivity contribution is 5.77. The molecule has 1 atom stereocenters. The Morgan fingerprint density at radius 3 is 3.07 bits per heavy atom. The van der Waals surface area contributed by atoms with Gasteiger partial charge in [-0.25, -0.2) is 0 Å². The molecule has 2 rings (SSSR count). The molecule has 1 unspecified atom stereocenters. The first-order valence-corrected chi connectivity index (χ1v) is 5.32. The largest absolute Gasteiger partial charge is 0.375 e. The van der Waals surface area contributed by atoms with E-state index in [9.17, 15) is 4.79 Å². The summed E-state index contributed by atoms with van der Waals surface area (Å²) < 4.78 is 4.86. The fraction of sp³-hybridized carbons (Fsp3) is 0.900. The number of rotatable bonds is 2. The highest BCUT2D eigenvalue weighted by atomic mass is 16.5. The Morgan fingerprint density at radius 2 is 2.29 bits per heavy atom. The number of hydrogen-bond acceptors (Lipinski definition) is 3. The Hall–Kier alpha value is -0.610. The van der Waals surface area contributed by atoms with Crippen molar-refractivity contribution in [2.45, 2.75) is 18.9 Å². The SMILES string of the molecule is COCC(=O)N1CCN2CCCC2C1. The zero-order valence-corrected chi connectivity index (χ0v) is 8.74. The van der Waals surface area contributed by atoms with Crippen molar-refractivity contribution in [3.05, 3.63) is 0 Å². The lowest BCUT2D eigenvalue weighted by atomic mass is 10.1. The summed E-state index contributed by atoms with van der Waals surface area (Å²) >= 11 is 0. The first-order chi connectivity index (χ1) is 6.81. The molecule has 0 aromatic heterocycles. The molecule has 0 bridgehead atoms. The normalized spacial score (nSPS) is 27.8. The molecule has 1 amide bonds. The summed E-state index contributed by atoms with van der Waals surface area (Å²) in [4.78, 5) is 16.0. The van der Waals surface area contributed by atoms with Gasteiger partial charge in [-0.15, -0.1) is 0 Å². The monoisotopic (exact) mass is 198 g/mol. The van der Waals surface area contributed by atoms with Crippen LogP contribution >= 0.6 is 0 Å². The van der Waals surface area contributed by atoms with Crippen molar-refractivity contribution < 1.29 is 9.53 Å². The van der Waals surface area contributed by atoms with E-state index >= 15 is 0 Å². The van der Waals surface area contributed by atoms with Crippen molar-refractivity contribution in [1.82, 2.24) is 9.80 Å². The van der Waals surface area contributed by atoms with Crippen LogP contribution in [0.5, 0.6) is 0 Å². The number of fused-ring (bicyclic) bond motifs is 1. The molecular weight excluding hydrogens is 180 g/mol. The Labute approximate surface area is 84.8 Å². The average Bonchev–Trinajstić information content (AvgIpc) is 2.64. The number of ether oxygens (including phenoxy) is 1. The second-order valence-corrected chi connectivity index (χ2v) is 4.10. The highest BCUT2D eigenvalue weighted by Crippen LogP contribution is 2.21. The molecule has 0 N–H and O–H groups in total. The van der Waals surface area contributed by atoms with E-state index in [1.165, 1.54) is 19.4 Å². The summed E-state index contributed by atoms with van der Waals surface area (Å²) in [5.74, 6) is 0.138. The van der Waals surface area contributed by atoms with Crippen LogP contribution in [0.1, 0.15) is 12.8 Å². The second-order valence-electron chi connectivity index (χ2n) is 4.10. The van der Waals surface area contributed by atoms with Crippen LogP contribution in [0.3, 0.4) is 0 Å². The van der Waals surface area contributed by atoms with Gasteiger partial charge < -0.3 is 9.64 Å². The molecule has 4 heteroatoms. The molecule has 14 heavy (non-hydrogen) atoms. The molecule has 2 heterocycles. The first kappa shape index (κ1) is 9.93. The van der Waals surface area contributed by atoms with Crippen molar-refractivity contribution >= 4 is 5.91 Å². The van der Waals surface area contributed by atoms with Crippen molar-refractivity contribution in [2.75, 3.05) is 39.9 Å². The minimum Gasteiger partial charge on any atom is -0.375 e. The lowest BCUT2D eigenvalue weighted by Crippen LogP contribution is -2.52. The topological polar surface area (TPSA) is 32.8 Å². The molecule has 2 saturated heterocycles. The van der Waals surface area contributed by atoms with Gasteiger partial charge in [0.1, 0.15) is 6.61 Å². The Bertz CT molecular complexity index is 220. The number of methoxy groups -OCH3 is 1. The van der Waals surface area contributed by atoms with Gasteiger partial charge in [0.25, 0.3) is 0 Å². The van der Waals surface area contributed by atoms with Gasteiger partial charge in [0.05, 0.1) is 0 Å². The number of carbonyl (C=O) groups excluding carboxylic acids is 1. The van der Waals surface area contributed by atoms with E-state index < -0.39 is 0 Å². The van der Waals surface area contributed by atoms with E-state index in [0.717, 1.165) is 19.6 Å². The van der Waals surface area contributed by atoms with E-state index in [1.54, 1.807) is 7.11 Å².